The molecule has 0 bridgehead atoms. The predicted molar refractivity (Wildman–Crippen MR) is 84.1 cm³/mol. The Bertz CT molecular complexity index is 475. The van der Waals surface area contributed by atoms with E-state index in [0.717, 1.165) is 30.2 Å². The Hall–Kier alpha value is -0.580. The zero-order chi connectivity index (χ0) is 14.5. The van der Waals surface area contributed by atoms with E-state index in [4.69, 9.17) is 11.6 Å². The van der Waals surface area contributed by atoms with Crippen molar-refractivity contribution in [3.05, 3.63) is 33.3 Å². The highest BCUT2D eigenvalue weighted by molar-refractivity contribution is 9.10. The molecule has 0 aromatic heterocycles. The molecule has 1 fully saturated rings. The van der Waals surface area contributed by atoms with Gasteiger partial charge in [-0.25, -0.2) is 0 Å². The SMILES string of the molecule is O=C(c1ccc(Br)c(Cl)c1)N(CCO)C1CCCCC1. The number of amides is 1. The molecule has 2 rings (SSSR count). The molecule has 1 aromatic carbocycles. The molecule has 0 spiro atoms. The largest absolute Gasteiger partial charge is 0.395 e. The number of benzene rings is 1. The Morgan fingerprint density at radius 1 is 1.35 bits per heavy atom. The number of aliphatic hydroxyl groups is 1. The van der Waals surface area contributed by atoms with Crippen molar-refractivity contribution in [1.29, 1.82) is 0 Å². The van der Waals surface area contributed by atoms with E-state index in [1.54, 1.807) is 23.1 Å². The number of nitrogens with zero attached hydrogens (tertiary/aromatic N) is 1. The molecule has 20 heavy (non-hydrogen) atoms. The summed E-state index contributed by atoms with van der Waals surface area (Å²) in [7, 11) is 0. The predicted octanol–water partition coefficient (Wildman–Crippen LogP) is 3.87. The molecule has 1 aromatic rings. The van der Waals surface area contributed by atoms with Gasteiger partial charge in [-0.05, 0) is 47.0 Å². The molecule has 0 aliphatic heterocycles. The summed E-state index contributed by atoms with van der Waals surface area (Å²) in [5, 5.41) is 9.77. The molecule has 1 N–H and O–H groups in total. The van der Waals surface area contributed by atoms with Crippen LogP contribution in [-0.2, 0) is 0 Å². The maximum absolute atomic E-state index is 12.6. The van der Waals surface area contributed by atoms with Crippen molar-refractivity contribution < 1.29 is 9.90 Å². The summed E-state index contributed by atoms with van der Waals surface area (Å²) >= 11 is 9.38. The van der Waals surface area contributed by atoms with Crippen LogP contribution in [0.25, 0.3) is 0 Å². The van der Waals surface area contributed by atoms with Gasteiger partial charge in [0.25, 0.3) is 5.91 Å². The zero-order valence-corrected chi connectivity index (χ0v) is 13.7. The van der Waals surface area contributed by atoms with Gasteiger partial charge in [0.2, 0.25) is 0 Å². The first-order valence-electron chi connectivity index (χ1n) is 7.00. The summed E-state index contributed by atoms with van der Waals surface area (Å²) in [5.74, 6) is -0.0413. The van der Waals surface area contributed by atoms with Crippen molar-refractivity contribution in [3.63, 3.8) is 0 Å². The van der Waals surface area contributed by atoms with E-state index in [9.17, 15) is 9.90 Å². The minimum Gasteiger partial charge on any atom is -0.395 e. The number of hydrogen-bond donors (Lipinski definition) is 1. The van der Waals surface area contributed by atoms with E-state index in [1.807, 2.05) is 0 Å². The normalized spacial score (nSPS) is 16.1. The third-order valence-corrected chi connectivity index (χ3v) is 5.02. The minimum atomic E-state index is -0.0413. The molecular weight excluding hydrogens is 342 g/mol. The number of rotatable bonds is 4. The monoisotopic (exact) mass is 359 g/mol. The van der Waals surface area contributed by atoms with Crippen LogP contribution in [0.4, 0.5) is 0 Å². The molecule has 1 saturated carbocycles. The van der Waals surface area contributed by atoms with Gasteiger partial charge in [-0.1, -0.05) is 30.9 Å². The van der Waals surface area contributed by atoms with Gasteiger partial charge in [0.15, 0.2) is 0 Å². The van der Waals surface area contributed by atoms with Gasteiger partial charge in [0.1, 0.15) is 0 Å². The maximum Gasteiger partial charge on any atom is 0.254 e. The van der Waals surface area contributed by atoms with Crippen molar-refractivity contribution in [2.75, 3.05) is 13.2 Å². The number of carbonyl (C=O) groups excluding carboxylic acids is 1. The molecule has 1 amide bonds. The van der Waals surface area contributed by atoms with Crippen LogP contribution in [0.3, 0.4) is 0 Å². The Balaban J connectivity index is 2.18. The summed E-state index contributed by atoms with van der Waals surface area (Å²) in [4.78, 5) is 14.4. The topological polar surface area (TPSA) is 40.5 Å². The maximum atomic E-state index is 12.6. The molecule has 1 aliphatic carbocycles. The van der Waals surface area contributed by atoms with Crippen LogP contribution < -0.4 is 0 Å². The molecule has 5 heteroatoms. The number of aliphatic hydroxyl groups excluding tert-OH is 1. The smallest absolute Gasteiger partial charge is 0.254 e. The number of hydrogen-bond acceptors (Lipinski definition) is 2. The standard InChI is InChI=1S/C15H19BrClNO2/c16-13-7-6-11(10-14(13)17)15(20)18(8-9-19)12-4-2-1-3-5-12/h6-7,10,12,19H,1-5,8-9H2. The Morgan fingerprint density at radius 3 is 2.65 bits per heavy atom. The molecule has 3 nitrogen and oxygen atoms in total. The molecule has 110 valence electrons. The highest BCUT2D eigenvalue weighted by Gasteiger charge is 2.26. The Labute approximate surface area is 133 Å². The molecule has 0 heterocycles. The zero-order valence-electron chi connectivity index (χ0n) is 11.3. The highest BCUT2D eigenvalue weighted by Crippen LogP contribution is 2.27. The second kappa shape index (κ2) is 7.43. The molecule has 1 aliphatic rings. The average molecular weight is 361 g/mol. The van der Waals surface area contributed by atoms with Gasteiger partial charge in [0.05, 0.1) is 11.6 Å². The molecular formula is C15H19BrClNO2. The molecule has 0 saturated heterocycles. The van der Waals surface area contributed by atoms with E-state index in [-0.39, 0.29) is 18.6 Å². The molecule has 0 atom stereocenters. The summed E-state index contributed by atoms with van der Waals surface area (Å²) in [6.07, 6.45) is 5.59. The van der Waals surface area contributed by atoms with Gasteiger partial charge < -0.3 is 10.0 Å². The van der Waals surface area contributed by atoms with E-state index < -0.39 is 0 Å². The first-order valence-corrected chi connectivity index (χ1v) is 8.17. The summed E-state index contributed by atoms with van der Waals surface area (Å²) in [6.45, 7) is 0.379. The Morgan fingerprint density at radius 2 is 2.05 bits per heavy atom. The van der Waals surface area contributed by atoms with Crippen molar-refractivity contribution >= 4 is 33.4 Å². The van der Waals surface area contributed by atoms with Crippen LogP contribution in [0.15, 0.2) is 22.7 Å². The van der Waals surface area contributed by atoms with Crippen LogP contribution in [0.5, 0.6) is 0 Å². The van der Waals surface area contributed by atoms with E-state index in [0.29, 0.717) is 17.1 Å². The molecule has 0 radical (unpaired) electrons. The summed E-state index contributed by atoms with van der Waals surface area (Å²) in [5.41, 5.74) is 0.581. The van der Waals surface area contributed by atoms with Gasteiger partial charge in [-0.2, -0.15) is 0 Å². The lowest BCUT2D eigenvalue weighted by atomic mass is 9.93. The first-order chi connectivity index (χ1) is 9.63. The Kier molecular flexibility index (Phi) is 5.87. The van der Waals surface area contributed by atoms with Crippen LogP contribution in [0, 0.1) is 0 Å². The van der Waals surface area contributed by atoms with Crippen molar-refractivity contribution in [3.8, 4) is 0 Å². The third-order valence-electron chi connectivity index (χ3n) is 3.78. The van der Waals surface area contributed by atoms with Crippen molar-refractivity contribution in [2.24, 2.45) is 0 Å². The molecule has 0 unspecified atom stereocenters. The van der Waals surface area contributed by atoms with Crippen LogP contribution >= 0.6 is 27.5 Å². The summed E-state index contributed by atoms with van der Waals surface area (Å²) in [6, 6.07) is 5.48. The fourth-order valence-corrected chi connectivity index (χ4v) is 3.17. The second-order valence-corrected chi connectivity index (χ2v) is 6.40. The van der Waals surface area contributed by atoms with Crippen molar-refractivity contribution in [2.45, 2.75) is 38.1 Å². The highest BCUT2D eigenvalue weighted by atomic mass is 79.9. The quantitative estimate of drug-likeness (QED) is 0.885. The number of carbonyl (C=O) groups is 1. The van der Waals surface area contributed by atoms with Crippen molar-refractivity contribution in [1.82, 2.24) is 4.90 Å². The number of halogens is 2. The first kappa shape index (κ1) is 15.8. The summed E-state index contributed by atoms with van der Waals surface area (Å²) < 4.78 is 0.780. The van der Waals surface area contributed by atoms with Crippen LogP contribution in [0.2, 0.25) is 5.02 Å². The van der Waals surface area contributed by atoms with E-state index in [1.165, 1.54) is 6.42 Å². The third kappa shape index (κ3) is 3.74. The van der Waals surface area contributed by atoms with E-state index in [2.05, 4.69) is 15.9 Å². The lowest BCUT2D eigenvalue weighted by Gasteiger charge is -2.34. The fourth-order valence-electron chi connectivity index (χ4n) is 2.75. The minimum absolute atomic E-state index is 0.00744. The lowest BCUT2D eigenvalue weighted by Crippen LogP contribution is -2.43. The van der Waals surface area contributed by atoms with Gasteiger partial charge >= 0.3 is 0 Å². The van der Waals surface area contributed by atoms with E-state index >= 15 is 0 Å². The van der Waals surface area contributed by atoms with Crippen LogP contribution in [0.1, 0.15) is 42.5 Å². The van der Waals surface area contributed by atoms with Gasteiger partial charge in [-0.15, -0.1) is 0 Å². The van der Waals surface area contributed by atoms with Crippen LogP contribution in [-0.4, -0.2) is 35.1 Å². The van der Waals surface area contributed by atoms with Gasteiger partial charge in [0, 0.05) is 22.6 Å². The fraction of sp³-hybridized carbons (Fsp3) is 0.533. The second-order valence-electron chi connectivity index (χ2n) is 5.14. The average Bonchev–Trinajstić information content (AvgIpc) is 2.48. The van der Waals surface area contributed by atoms with Gasteiger partial charge in [-0.3, -0.25) is 4.79 Å². The lowest BCUT2D eigenvalue weighted by molar-refractivity contribution is 0.0585.